The van der Waals surface area contributed by atoms with Crippen LogP contribution in [-0.4, -0.2) is 96.2 Å². The zero-order valence-electron chi connectivity index (χ0n) is 14.6. The lowest BCUT2D eigenvalue weighted by Crippen LogP contribution is -2.50. The summed E-state index contributed by atoms with van der Waals surface area (Å²) in [5.41, 5.74) is -0.799. The number of hydrogen-bond acceptors (Lipinski definition) is 5. The van der Waals surface area contributed by atoms with Crippen LogP contribution in [0.2, 0.25) is 0 Å². The normalized spacial score (nSPS) is 29.9. The van der Waals surface area contributed by atoms with Crippen LogP contribution in [0.3, 0.4) is 0 Å². The largest absolute Gasteiger partial charge is 0.387 e. The summed E-state index contributed by atoms with van der Waals surface area (Å²) in [5, 5.41) is 10.8. The SMILES string of the molecule is CC(=O)N1CCC(C(=O)N2CC[C@](O)(CN3CCOCC3)C2)CC1. The van der Waals surface area contributed by atoms with Crippen molar-refractivity contribution in [1.82, 2.24) is 14.7 Å². The number of carbonyl (C=O) groups is 2. The molecule has 0 aromatic heterocycles. The predicted molar refractivity (Wildman–Crippen MR) is 88.4 cm³/mol. The van der Waals surface area contributed by atoms with Crippen LogP contribution in [0.4, 0.5) is 0 Å². The summed E-state index contributed by atoms with van der Waals surface area (Å²) in [5.74, 6) is 0.226. The molecular weight excluding hydrogens is 310 g/mol. The first-order valence-corrected chi connectivity index (χ1v) is 9.04. The maximum absolute atomic E-state index is 12.7. The molecule has 2 amide bonds. The van der Waals surface area contributed by atoms with Gasteiger partial charge in [-0.3, -0.25) is 14.5 Å². The van der Waals surface area contributed by atoms with Crippen molar-refractivity contribution in [2.24, 2.45) is 5.92 Å². The van der Waals surface area contributed by atoms with Crippen LogP contribution in [0.25, 0.3) is 0 Å². The van der Waals surface area contributed by atoms with Gasteiger partial charge in [-0.05, 0) is 19.3 Å². The molecule has 1 atom stereocenters. The molecule has 3 saturated heterocycles. The molecule has 0 aliphatic carbocycles. The lowest BCUT2D eigenvalue weighted by molar-refractivity contribution is -0.140. The fourth-order valence-electron chi connectivity index (χ4n) is 4.05. The van der Waals surface area contributed by atoms with E-state index in [-0.39, 0.29) is 17.7 Å². The highest BCUT2D eigenvalue weighted by atomic mass is 16.5. The molecule has 1 N–H and O–H groups in total. The van der Waals surface area contributed by atoms with Gasteiger partial charge in [-0.1, -0.05) is 0 Å². The number of carbonyl (C=O) groups excluding carboxylic acids is 2. The number of ether oxygens (including phenoxy) is 1. The van der Waals surface area contributed by atoms with E-state index < -0.39 is 5.60 Å². The summed E-state index contributed by atoms with van der Waals surface area (Å²) in [7, 11) is 0. The summed E-state index contributed by atoms with van der Waals surface area (Å²) in [6.07, 6.45) is 2.11. The maximum Gasteiger partial charge on any atom is 0.225 e. The minimum absolute atomic E-state index is 0.00802. The molecule has 24 heavy (non-hydrogen) atoms. The fourth-order valence-corrected chi connectivity index (χ4v) is 4.05. The van der Waals surface area contributed by atoms with Crippen molar-refractivity contribution in [2.75, 3.05) is 59.0 Å². The van der Waals surface area contributed by atoms with Gasteiger partial charge in [0.15, 0.2) is 0 Å². The lowest BCUT2D eigenvalue weighted by Gasteiger charge is -2.35. The Bertz CT molecular complexity index is 472. The van der Waals surface area contributed by atoms with Crippen molar-refractivity contribution in [3.05, 3.63) is 0 Å². The Hall–Kier alpha value is -1.18. The first-order chi connectivity index (χ1) is 11.5. The number of hydrogen-bond donors (Lipinski definition) is 1. The second-order valence-electron chi connectivity index (χ2n) is 7.40. The highest BCUT2D eigenvalue weighted by Crippen LogP contribution is 2.27. The summed E-state index contributed by atoms with van der Waals surface area (Å²) in [6, 6.07) is 0. The summed E-state index contributed by atoms with van der Waals surface area (Å²) < 4.78 is 5.35. The van der Waals surface area contributed by atoms with Crippen molar-refractivity contribution < 1.29 is 19.4 Å². The van der Waals surface area contributed by atoms with Crippen molar-refractivity contribution in [3.63, 3.8) is 0 Å². The number of piperidine rings is 1. The Kier molecular flexibility index (Phi) is 5.42. The van der Waals surface area contributed by atoms with Crippen molar-refractivity contribution in [3.8, 4) is 0 Å². The van der Waals surface area contributed by atoms with Gasteiger partial charge in [-0.2, -0.15) is 0 Å². The topological polar surface area (TPSA) is 73.3 Å². The Morgan fingerprint density at radius 3 is 2.38 bits per heavy atom. The van der Waals surface area contributed by atoms with Crippen LogP contribution < -0.4 is 0 Å². The molecular formula is C17H29N3O4. The van der Waals surface area contributed by atoms with Crippen LogP contribution in [0.5, 0.6) is 0 Å². The molecule has 3 fully saturated rings. The van der Waals surface area contributed by atoms with Crippen LogP contribution in [-0.2, 0) is 14.3 Å². The zero-order chi connectivity index (χ0) is 17.2. The Morgan fingerprint density at radius 2 is 1.75 bits per heavy atom. The first-order valence-electron chi connectivity index (χ1n) is 9.04. The van der Waals surface area contributed by atoms with Crippen LogP contribution in [0, 0.1) is 5.92 Å². The van der Waals surface area contributed by atoms with E-state index in [2.05, 4.69) is 4.90 Å². The van der Waals surface area contributed by atoms with Crippen LogP contribution in [0.15, 0.2) is 0 Å². The average Bonchev–Trinajstić information content (AvgIpc) is 2.97. The van der Waals surface area contributed by atoms with Gasteiger partial charge < -0.3 is 19.6 Å². The van der Waals surface area contributed by atoms with Crippen molar-refractivity contribution in [1.29, 1.82) is 0 Å². The third kappa shape index (κ3) is 4.07. The molecule has 3 heterocycles. The highest BCUT2D eigenvalue weighted by Gasteiger charge is 2.41. The second-order valence-corrected chi connectivity index (χ2v) is 7.40. The first kappa shape index (κ1) is 17.6. The molecule has 7 nitrogen and oxygen atoms in total. The van der Waals surface area contributed by atoms with Gasteiger partial charge in [0.05, 0.1) is 25.4 Å². The maximum atomic E-state index is 12.7. The zero-order valence-corrected chi connectivity index (χ0v) is 14.6. The van der Waals surface area contributed by atoms with Gasteiger partial charge in [-0.25, -0.2) is 0 Å². The molecule has 0 unspecified atom stereocenters. The lowest BCUT2D eigenvalue weighted by atomic mass is 9.95. The van der Waals surface area contributed by atoms with E-state index in [4.69, 9.17) is 4.74 Å². The van der Waals surface area contributed by atoms with Gasteiger partial charge in [0.25, 0.3) is 0 Å². The molecule has 0 aromatic carbocycles. The van der Waals surface area contributed by atoms with E-state index in [1.807, 2.05) is 9.80 Å². The second kappa shape index (κ2) is 7.37. The summed E-state index contributed by atoms with van der Waals surface area (Å²) >= 11 is 0. The fraction of sp³-hybridized carbons (Fsp3) is 0.882. The number of likely N-dealkylation sites (tertiary alicyclic amines) is 2. The summed E-state index contributed by atoms with van der Waals surface area (Å²) in [4.78, 5) is 30.0. The summed E-state index contributed by atoms with van der Waals surface area (Å²) in [6.45, 7) is 7.70. The number of nitrogens with zero attached hydrogens (tertiary/aromatic N) is 3. The quantitative estimate of drug-likeness (QED) is 0.753. The number of rotatable bonds is 3. The molecule has 3 aliphatic heterocycles. The molecule has 3 rings (SSSR count). The predicted octanol–water partition coefficient (Wildman–Crippen LogP) is -0.459. The molecule has 3 aliphatic rings. The van der Waals surface area contributed by atoms with E-state index in [0.717, 1.165) is 25.9 Å². The molecule has 7 heteroatoms. The number of aliphatic hydroxyl groups is 1. The van der Waals surface area contributed by atoms with Gasteiger partial charge in [0.2, 0.25) is 11.8 Å². The van der Waals surface area contributed by atoms with Crippen LogP contribution >= 0.6 is 0 Å². The minimum Gasteiger partial charge on any atom is -0.387 e. The monoisotopic (exact) mass is 339 g/mol. The smallest absolute Gasteiger partial charge is 0.225 e. The molecule has 0 spiro atoms. The third-order valence-corrected chi connectivity index (χ3v) is 5.56. The van der Waals surface area contributed by atoms with Crippen LogP contribution in [0.1, 0.15) is 26.2 Å². The van der Waals surface area contributed by atoms with E-state index in [1.54, 1.807) is 6.92 Å². The average molecular weight is 339 g/mol. The number of amides is 2. The molecule has 0 aromatic rings. The molecule has 0 bridgehead atoms. The van der Waals surface area contributed by atoms with Gasteiger partial charge in [0.1, 0.15) is 0 Å². The molecule has 0 radical (unpaired) electrons. The minimum atomic E-state index is -0.799. The van der Waals surface area contributed by atoms with Crippen molar-refractivity contribution >= 4 is 11.8 Å². The molecule has 136 valence electrons. The van der Waals surface area contributed by atoms with E-state index in [0.29, 0.717) is 52.4 Å². The third-order valence-electron chi connectivity index (χ3n) is 5.56. The van der Waals surface area contributed by atoms with Gasteiger partial charge in [0, 0.05) is 52.1 Å². The van der Waals surface area contributed by atoms with E-state index in [9.17, 15) is 14.7 Å². The van der Waals surface area contributed by atoms with Crippen molar-refractivity contribution in [2.45, 2.75) is 31.8 Å². The number of β-amino-alcohol motifs (C(OH)–C–C–N with tert-alkyl or cyclic N) is 1. The standard InChI is InChI=1S/C17H29N3O4/c1-14(21)19-5-2-15(3-6-19)16(22)20-7-4-17(23,13-20)12-18-8-10-24-11-9-18/h15,23H,2-13H2,1H3/t17-/m0/s1. The Labute approximate surface area is 143 Å². The number of morpholine rings is 1. The Morgan fingerprint density at radius 1 is 1.08 bits per heavy atom. The van der Waals surface area contributed by atoms with E-state index >= 15 is 0 Å². The Balaban J connectivity index is 1.49. The highest BCUT2D eigenvalue weighted by molar-refractivity contribution is 5.80. The van der Waals surface area contributed by atoms with E-state index in [1.165, 1.54) is 0 Å². The van der Waals surface area contributed by atoms with Gasteiger partial charge >= 0.3 is 0 Å². The molecule has 0 saturated carbocycles. The van der Waals surface area contributed by atoms with Gasteiger partial charge in [-0.15, -0.1) is 0 Å².